The smallest absolute Gasteiger partial charge is 0.342 e. The van der Waals surface area contributed by atoms with Crippen molar-refractivity contribution < 1.29 is 27.1 Å². The van der Waals surface area contributed by atoms with Crippen molar-refractivity contribution in [3.8, 4) is 5.75 Å². The molecule has 0 saturated heterocycles. The van der Waals surface area contributed by atoms with Crippen LogP contribution < -0.4 is 15.5 Å². The summed E-state index contributed by atoms with van der Waals surface area (Å²) in [6, 6.07) is 7.99. The Morgan fingerprint density at radius 1 is 1.21 bits per heavy atom. The van der Waals surface area contributed by atoms with Crippen LogP contribution >= 0.6 is 11.6 Å². The Hall–Kier alpha value is -2.88. The maximum absolute atomic E-state index is 12.6. The summed E-state index contributed by atoms with van der Waals surface area (Å²) in [6.07, 6.45) is 0. The molecule has 0 fully saturated rings. The minimum Gasteiger partial charge on any atom is -0.496 e. The number of aryl methyl sites for hydroxylation is 1. The zero-order valence-corrected chi connectivity index (χ0v) is 17.0. The van der Waals surface area contributed by atoms with Crippen molar-refractivity contribution in [2.24, 2.45) is 5.14 Å². The quantitative estimate of drug-likeness (QED) is 0.480. The van der Waals surface area contributed by atoms with E-state index < -0.39 is 21.6 Å². The third kappa shape index (κ3) is 4.42. The maximum atomic E-state index is 12.6. The van der Waals surface area contributed by atoms with E-state index >= 15 is 0 Å². The lowest BCUT2D eigenvalue weighted by atomic mass is 10.1. The molecule has 0 aliphatic rings. The third-order valence-electron chi connectivity index (χ3n) is 4.19. The number of methoxy groups -OCH3 is 1. The van der Waals surface area contributed by atoms with Crippen LogP contribution in [0.4, 0.5) is 0 Å². The molecule has 0 atom stereocenters. The van der Waals surface area contributed by atoms with Gasteiger partial charge in [0.25, 0.3) is 0 Å². The molecule has 0 unspecified atom stereocenters. The average molecular weight is 438 g/mol. The average Bonchev–Trinajstić information content (AvgIpc) is 2.66. The highest BCUT2D eigenvalue weighted by Crippen LogP contribution is 2.27. The predicted octanol–water partition coefficient (Wildman–Crippen LogP) is 2.77. The summed E-state index contributed by atoms with van der Waals surface area (Å²) in [5.74, 6) is -0.745. The highest BCUT2D eigenvalue weighted by Gasteiger charge is 2.19. The number of carbonyl (C=O) groups is 1. The number of benzene rings is 2. The van der Waals surface area contributed by atoms with Gasteiger partial charge in [-0.1, -0.05) is 11.6 Å². The summed E-state index contributed by atoms with van der Waals surface area (Å²) in [5.41, 5.74) is 0.674. The van der Waals surface area contributed by atoms with Gasteiger partial charge in [-0.05, 0) is 42.8 Å². The summed E-state index contributed by atoms with van der Waals surface area (Å²) in [5, 5.41) is 6.08. The van der Waals surface area contributed by atoms with E-state index in [1.807, 2.05) is 0 Å². The largest absolute Gasteiger partial charge is 0.496 e. The minimum absolute atomic E-state index is 0.110. The monoisotopic (exact) mass is 437 g/mol. The molecule has 8 nitrogen and oxygen atoms in total. The topological polar surface area (TPSA) is 126 Å². The molecule has 0 radical (unpaired) electrons. The van der Waals surface area contributed by atoms with Crippen LogP contribution in [0.1, 0.15) is 21.5 Å². The van der Waals surface area contributed by atoms with Gasteiger partial charge in [0.1, 0.15) is 23.5 Å². The van der Waals surface area contributed by atoms with E-state index in [0.29, 0.717) is 21.6 Å². The molecule has 0 saturated carbocycles. The number of fused-ring (bicyclic) bond motifs is 1. The van der Waals surface area contributed by atoms with Crippen LogP contribution in [-0.2, 0) is 21.4 Å². The van der Waals surface area contributed by atoms with Crippen molar-refractivity contribution >= 4 is 38.6 Å². The van der Waals surface area contributed by atoms with Gasteiger partial charge in [-0.25, -0.2) is 23.1 Å². The van der Waals surface area contributed by atoms with E-state index in [0.717, 1.165) is 11.6 Å². The number of halogens is 1. The van der Waals surface area contributed by atoms with Gasteiger partial charge in [0.2, 0.25) is 10.0 Å². The number of carbonyl (C=O) groups excluding carboxylic acids is 1. The molecular weight excluding hydrogens is 422 g/mol. The highest BCUT2D eigenvalue weighted by molar-refractivity contribution is 7.89. The van der Waals surface area contributed by atoms with Crippen LogP contribution in [0.3, 0.4) is 0 Å². The molecule has 2 aromatic carbocycles. The van der Waals surface area contributed by atoms with Gasteiger partial charge in [-0.3, -0.25) is 0 Å². The number of primary sulfonamides is 1. The number of sulfonamides is 1. The summed E-state index contributed by atoms with van der Waals surface area (Å²) < 4.78 is 38.6. The first-order valence-electron chi connectivity index (χ1n) is 8.21. The van der Waals surface area contributed by atoms with Crippen molar-refractivity contribution in [1.29, 1.82) is 0 Å². The molecule has 1 aromatic heterocycles. The van der Waals surface area contributed by atoms with E-state index in [4.69, 9.17) is 30.6 Å². The molecule has 0 aliphatic heterocycles. The van der Waals surface area contributed by atoms with Crippen molar-refractivity contribution in [2.75, 3.05) is 7.11 Å². The zero-order valence-electron chi connectivity index (χ0n) is 15.4. The number of hydrogen-bond acceptors (Lipinski definition) is 7. The highest BCUT2D eigenvalue weighted by atomic mass is 35.5. The lowest BCUT2D eigenvalue weighted by Gasteiger charge is -2.11. The van der Waals surface area contributed by atoms with Crippen molar-refractivity contribution in [3.63, 3.8) is 0 Å². The standard InChI is InChI=1S/C19H16ClNO7S/c1-10-5-17-13(8-15(10)20)11(6-18(22)28-17)9-27-19(23)14-7-12(29(21,24)25)3-4-16(14)26-2/h3-8H,9H2,1-2H3,(H2,21,24,25). The van der Waals surface area contributed by atoms with Gasteiger partial charge < -0.3 is 13.9 Å². The van der Waals surface area contributed by atoms with E-state index in [2.05, 4.69) is 0 Å². The second kappa shape index (κ2) is 7.86. The Balaban J connectivity index is 1.96. The second-order valence-corrected chi connectivity index (χ2v) is 8.14. The van der Waals surface area contributed by atoms with Gasteiger partial charge in [0.15, 0.2) is 0 Å². The van der Waals surface area contributed by atoms with Crippen LogP contribution in [0, 0.1) is 6.92 Å². The fraction of sp³-hybridized carbons (Fsp3) is 0.158. The fourth-order valence-electron chi connectivity index (χ4n) is 2.71. The Morgan fingerprint density at radius 2 is 1.93 bits per heavy atom. The lowest BCUT2D eigenvalue weighted by Crippen LogP contribution is -2.14. The molecule has 0 aliphatic carbocycles. The van der Waals surface area contributed by atoms with Gasteiger partial charge in [0.05, 0.1) is 12.0 Å². The van der Waals surface area contributed by atoms with Crippen LogP contribution in [-0.4, -0.2) is 21.5 Å². The van der Waals surface area contributed by atoms with Crippen molar-refractivity contribution in [3.05, 3.63) is 68.5 Å². The van der Waals surface area contributed by atoms with Crippen LogP contribution in [0.25, 0.3) is 11.0 Å². The molecule has 29 heavy (non-hydrogen) atoms. The molecule has 0 spiro atoms. The molecule has 0 bridgehead atoms. The van der Waals surface area contributed by atoms with Crippen molar-refractivity contribution in [1.82, 2.24) is 0 Å². The number of nitrogens with two attached hydrogens (primary N) is 1. The Kier molecular flexibility index (Phi) is 5.65. The molecular formula is C19H16ClNO7S. The first-order valence-corrected chi connectivity index (χ1v) is 10.1. The molecule has 3 rings (SSSR count). The van der Waals surface area contributed by atoms with Crippen molar-refractivity contribution in [2.45, 2.75) is 18.4 Å². The first-order chi connectivity index (χ1) is 13.6. The van der Waals surface area contributed by atoms with E-state index in [9.17, 15) is 18.0 Å². The Labute approximate surface area is 170 Å². The predicted molar refractivity (Wildman–Crippen MR) is 106 cm³/mol. The van der Waals surface area contributed by atoms with Gasteiger partial charge in [0, 0.05) is 22.0 Å². The number of hydrogen-bond donors (Lipinski definition) is 1. The first kappa shape index (κ1) is 20.8. The molecule has 1 heterocycles. The van der Waals surface area contributed by atoms with E-state index in [-0.39, 0.29) is 22.8 Å². The summed E-state index contributed by atoms with van der Waals surface area (Å²) in [6.45, 7) is 1.49. The normalized spacial score (nSPS) is 11.4. The molecule has 0 amide bonds. The summed E-state index contributed by atoms with van der Waals surface area (Å²) in [4.78, 5) is 24.1. The maximum Gasteiger partial charge on any atom is 0.342 e. The summed E-state index contributed by atoms with van der Waals surface area (Å²) in [7, 11) is -2.70. The molecule has 2 N–H and O–H groups in total. The fourth-order valence-corrected chi connectivity index (χ4v) is 3.42. The third-order valence-corrected chi connectivity index (χ3v) is 5.51. The Bertz CT molecular complexity index is 1280. The number of esters is 1. The van der Waals surface area contributed by atoms with E-state index in [1.54, 1.807) is 19.1 Å². The van der Waals surface area contributed by atoms with Crippen LogP contribution in [0.2, 0.25) is 5.02 Å². The van der Waals surface area contributed by atoms with Gasteiger partial charge in [-0.15, -0.1) is 0 Å². The van der Waals surface area contributed by atoms with E-state index in [1.165, 1.54) is 25.3 Å². The van der Waals surface area contributed by atoms with Gasteiger partial charge in [-0.2, -0.15) is 0 Å². The number of rotatable bonds is 5. The van der Waals surface area contributed by atoms with Crippen LogP contribution in [0.5, 0.6) is 5.75 Å². The Morgan fingerprint density at radius 3 is 2.59 bits per heavy atom. The molecule has 152 valence electrons. The van der Waals surface area contributed by atoms with Crippen LogP contribution in [0.15, 0.2) is 50.5 Å². The molecule has 3 aromatic rings. The lowest BCUT2D eigenvalue weighted by molar-refractivity contribution is 0.0470. The summed E-state index contributed by atoms with van der Waals surface area (Å²) >= 11 is 6.14. The minimum atomic E-state index is -4.03. The SMILES string of the molecule is COc1ccc(S(N)(=O)=O)cc1C(=O)OCc1cc(=O)oc2cc(C)c(Cl)cc12. The second-order valence-electron chi connectivity index (χ2n) is 6.17. The van der Waals surface area contributed by atoms with Gasteiger partial charge >= 0.3 is 11.6 Å². The zero-order chi connectivity index (χ0) is 21.3. The molecule has 10 heteroatoms. The number of ether oxygens (including phenoxy) is 2.